The van der Waals surface area contributed by atoms with Gasteiger partial charge in [-0.15, -0.1) is 0 Å². The molecule has 1 aromatic heterocycles. The van der Waals surface area contributed by atoms with Gasteiger partial charge in [0.2, 0.25) is 5.91 Å². The molecule has 7 heteroatoms. The van der Waals surface area contributed by atoms with Crippen molar-refractivity contribution in [2.75, 3.05) is 5.32 Å². The minimum absolute atomic E-state index is 0.167. The average Bonchev–Trinajstić information content (AvgIpc) is 3.20. The predicted octanol–water partition coefficient (Wildman–Crippen LogP) is 4.45. The van der Waals surface area contributed by atoms with Crippen LogP contribution in [0.3, 0.4) is 0 Å². The van der Waals surface area contributed by atoms with E-state index < -0.39 is 5.91 Å². The van der Waals surface area contributed by atoms with Crippen molar-refractivity contribution in [3.8, 4) is 11.1 Å². The summed E-state index contributed by atoms with van der Waals surface area (Å²) >= 11 is 1.01. The van der Waals surface area contributed by atoms with Crippen molar-refractivity contribution >= 4 is 28.3 Å². The molecular formula is C21H21N3O3S. The molecule has 1 heterocycles. The van der Waals surface area contributed by atoms with Gasteiger partial charge in [-0.1, -0.05) is 79.3 Å². The van der Waals surface area contributed by atoms with Crippen LogP contribution in [0.5, 0.6) is 0 Å². The summed E-state index contributed by atoms with van der Waals surface area (Å²) in [4.78, 5) is 28.5. The largest absolute Gasteiger partial charge is 0.301 e. The molecule has 0 bridgehead atoms. The van der Waals surface area contributed by atoms with Crippen LogP contribution in [0.25, 0.3) is 11.1 Å². The van der Waals surface area contributed by atoms with Gasteiger partial charge in [0.15, 0.2) is 5.13 Å². The van der Waals surface area contributed by atoms with Crippen molar-refractivity contribution in [3.63, 3.8) is 0 Å². The highest BCUT2D eigenvalue weighted by molar-refractivity contribution is 7.17. The van der Waals surface area contributed by atoms with Crippen LogP contribution in [-0.2, 0) is 4.79 Å². The third-order valence-electron chi connectivity index (χ3n) is 4.38. The Hall–Kier alpha value is -3.03. The number of nitrogens with one attached hydrogen (secondary N) is 2. The van der Waals surface area contributed by atoms with Crippen LogP contribution in [0.1, 0.15) is 40.9 Å². The van der Waals surface area contributed by atoms with Crippen molar-refractivity contribution in [1.29, 1.82) is 0 Å². The van der Waals surface area contributed by atoms with Crippen molar-refractivity contribution < 1.29 is 14.8 Å². The molecular weight excluding hydrogens is 374 g/mol. The van der Waals surface area contributed by atoms with Crippen LogP contribution < -0.4 is 10.8 Å². The number of hydrogen-bond donors (Lipinski definition) is 3. The number of hydroxylamine groups is 1. The number of nitrogens with zero attached hydrogens (tertiary/aromatic N) is 1. The van der Waals surface area contributed by atoms with Gasteiger partial charge >= 0.3 is 0 Å². The fourth-order valence-corrected chi connectivity index (χ4v) is 3.67. The fourth-order valence-electron chi connectivity index (χ4n) is 2.96. The Bertz CT molecular complexity index is 939. The van der Waals surface area contributed by atoms with E-state index in [1.807, 2.05) is 61.5 Å². The summed E-state index contributed by atoms with van der Waals surface area (Å²) in [5.74, 6) is -1.13. The summed E-state index contributed by atoms with van der Waals surface area (Å²) in [6.07, 6.45) is 2.87. The molecule has 3 N–H and O–H groups in total. The minimum Gasteiger partial charge on any atom is -0.301 e. The van der Waals surface area contributed by atoms with Crippen LogP contribution in [0.2, 0.25) is 0 Å². The first-order valence-corrected chi connectivity index (χ1v) is 9.80. The zero-order valence-electron chi connectivity index (χ0n) is 15.4. The molecule has 0 fully saturated rings. The Balaban J connectivity index is 1.76. The Labute approximate surface area is 167 Å². The molecule has 6 nitrogen and oxygen atoms in total. The van der Waals surface area contributed by atoms with Crippen LogP contribution in [-0.4, -0.2) is 22.0 Å². The monoisotopic (exact) mass is 395 g/mol. The van der Waals surface area contributed by atoms with E-state index in [0.717, 1.165) is 34.4 Å². The van der Waals surface area contributed by atoms with E-state index in [2.05, 4.69) is 10.3 Å². The molecule has 1 unspecified atom stereocenters. The predicted molar refractivity (Wildman–Crippen MR) is 110 cm³/mol. The Morgan fingerprint density at radius 2 is 1.75 bits per heavy atom. The van der Waals surface area contributed by atoms with Gasteiger partial charge in [0, 0.05) is 0 Å². The van der Waals surface area contributed by atoms with Gasteiger partial charge in [-0.05, 0) is 23.1 Å². The lowest BCUT2D eigenvalue weighted by atomic mass is 9.92. The van der Waals surface area contributed by atoms with Crippen molar-refractivity contribution in [2.45, 2.75) is 25.7 Å². The molecule has 3 rings (SSSR count). The fraction of sp³-hybridized carbons (Fsp3) is 0.190. The summed E-state index contributed by atoms with van der Waals surface area (Å²) < 4.78 is 0. The number of carbonyl (C=O) groups excluding carboxylic acids is 2. The van der Waals surface area contributed by atoms with E-state index in [1.165, 1.54) is 6.20 Å². The van der Waals surface area contributed by atoms with Crippen molar-refractivity contribution in [1.82, 2.24) is 10.5 Å². The second-order valence-electron chi connectivity index (χ2n) is 6.29. The maximum absolute atomic E-state index is 12.8. The number of thiazole rings is 1. The lowest BCUT2D eigenvalue weighted by Crippen LogP contribution is -2.21. The maximum atomic E-state index is 12.8. The molecule has 0 spiro atoms. The molecule has 0 aliphatic rings. The molecule has 144 valence electrons. The van der Waals surface area contributed by atoms with E-state index in [4.69, 9.17) is 5.21 Å². The van der Waals surface area contributed by atoms with E-state index >= 15 is 0 Å². The van der Waals surface area contributed by atoms with E-state index in [1.54, 1.807) is 5.48 Å². The van der Waals surface area contributed by atoms with Crippen LogP contribution >= 0.6 is 11.3 Å². The summed E-state index contributed by atoms with van der Waals surface area (Å²) in [6, 6.07) is 18.1. The first-order chi connectivity index (χ1) is 13.6. The molecule has 0 aliphatic heterocycles. The molecule has 28 heavy (non-hydrogen) atoms. The molecule has 1 atom stereocenters. The van der Waals surface area contributed by atoms with Gasteiger partial charge in [-0.25, -0.2) is 10.5 Å². The Kier molecular flexibility index (Phi) is 6.52. The zero-order chi connectivity index (χ0) is 19.9. The van der Waals surface area contributed by atoms with Crippen LogP contribution in [0.15, 0.2) is 60.8 Å². The van der Waals surface area contributed by atoms with E-state index in [-0.39, 0.29) is 16.7 Å². The number of rotatable bonds is 7. The number of aromatic nitrogens is 1. The second kappa shape index (κ2) is 9.25. The SMILES string of the molecule is CCCC(C(=O)Nc1ncc(C(=O)NO)s1)c1ccc(-c2ccccc2)cc1. The third kappa shape index (κ3) is 4.62. The number of hydrogen-bond acceptors (Lipinski definition) is 5. The molecule has 2 aromatic carbocycles. The molecule has 0 saturated carbocycles. The average molecular weight is 395 g/mol. The summed E-state index contributed by atoms with van der Waals surface area (Å²) in [7, 11) is 0. The highest BCUT2D eigenvalue weighted by Gasteiger charge is 2.21. The number of amides is 2. The van der Waals surface area contributed by atoms with Gasteiger partial charge in [-0.3, -0.25) is 14.8 Å². The smallest absolute Gasteiger partial charge is 0.286 e. The van der Waals surface area contributed by atoms with E-state index in [0.29, 0.717) is 11.6 Å². The highest BCUT2D eigenvalue weighted by Crippen LogP contribution is 2.27. The van der Waals surface area contributed by atoms with Gasteiger partial charge in [0.1, 0.15) is 4.88 Å². The third-order valence-corrected chi connectivity index (χ3v) is 5.29. The van der Waals surface area contributed by atoms with Gasteiger partial charge in [0.05, 0.1) is 12.1 Å². The Morgan fingerprint density at radius 1 is 1.07 bits per heavy atom. The van der Waals surface area contributed by atoms with Crippen LogP contribution in [0.4, 0.5) is 5.13 Å². The molecule has 3 aromatic rings. The number of carbonyl (C=O) groups is 2. The maximum Gasteiger partial charge on any atom is 0.286 e. The standard InChI is InChI=1S/C21H21N3O3S/c1-2-6-17(19(25)23-21-22-13-18(28-21)20(26)24-27)16-11-9-15(10-12-16)14-7-4-3-5-8-14/h3-5,7-13,17,27H,2,6H2,1H3,(H,24,26)(H,22,23,25). The normalized spacial score (nSPS) is 11.6. The van der Waals surface area contributed by atoms with Crippen LogP contribution in [0, 0.1) is 0 Å². The lowest BCUT2D eigenvalue weighted by molar-refractivity contribution is -0.117. The summed E-state index contributed by atoms with van der Waals surface area (Å²) in [5, 5.41) is 11.8. The quantitative estimate of drug-likeness (QED) is 0.407. The van der Waals surface area contributed by atoms with Gasteiger partial charge < -0.3 is 5.32 Å². The Morgan fingerprint density at radius 3 is 2.39 bits per heavy atom. The summed E-state index contributed by atoms with van der Waals surface area (Å²) in [5.41, 5.74) is 4.71. The molecule has 0 saturated heterocycles. The van der Waals surface area contributed by atoms with E-state index in [9.17, 15) is 9.59 Å². The lowest BCUT2D eigenvalue weighted by Gasteiger charge is -2.16. The zero-order valence-corrected chi connectivity index (χ0v) is 16.2. The summed E-state index contributed by atoms with van der Waals surface area (Å²) in [6.45, 7) is 2.03. The number of anilines is 1. The second-order valence-corrected chi connectivity index (χ2v) is 7.32. The molecule has 0 radical (unpaired) electrons. The number of benzene rings is 2. The van der Waals surface area contributed by atoms with Gasteiger partial charge in [0.25, 0.3) is 5.91 Å². The van der Waals surface area contributed by atoms with Crippen molar-refractivity contribution in [2.24, 2.45) is 0 Å². The molecule has 2 amide bonds. The first-order valence-electron chi connectivity index (χ1n) is 8.99. The molecule has 0 aliphatic carbocycles. The topological polar surface area (TPSA) is 91.3 Å². The minimum atomic E-state index is -0.653. The van der Waals surface area contributed by atoms with Crippen molar-refractivity contribution in [3.05, 3.63) is 71.2 Å². The first kappa shape index (κ1) is 19.7. The highest BCUT2D eigenvalue weighted by atomic mass is 32.1. The van der Waals surface area contributed by atoms with Gasteiger partial charge in [-0.2, -0.15) is 0 Å².